The molecule has 2 rings (SSSR count). The van der Waals surface area contributed by atoms with Crippen molar-refractivity contribution in [3.8, 4) is 6.07 Å². The molecular weight excluding hydrogens is 241 g/mol. The highest BCUT2D eigenvalue weighted by Crippen LogP contribution is 2.20. The van der Waals surface area contributed by atoms with Crippen molar-refractivity contribution in [1.29, 1.82) is 5.26 Å². The lowest BCUT2D eigenvalue weighted by molar-refractivity contribution is 0.0502. The third kappa shape index (κ3) is 1.95. The molecule has 0 aliphatic carbocycles. The fourth-order valence-corrected chi connectivity index (χ4v) is 1.94. The highest BCUT2D eigenvalue weighted by molar-refractivity contribution is 4.97. The highest BCUT2D eigenvalue weighted by atomic mass is 19.1. The zero-order valence-electron chi connectivity index (χ0n) is 9.80. The maximum Gasteiger partial charge on any atom is 0.334 e. The molecule has 2 atom stereocenters. The Morgan fingerprint density at radius 1 is 1.61 bits per heavy atom. The number of hydrogen-bond acceptors (Lipinski definition) is 4. The zero-order valence-corrected chi connectivity index (χ0v) is 9.80. The van der Waals surface area contributed by atoms with E-state index in [2.05, 4.69) is 0 Å². The molecule has 0 saturated carbocycles. The lowest BCUT2D eigenvalue weighted by Crippen LogP contribution is -2.43. The Hall–Kier alpha value is -1.94. The van der Waals surface area contributed by atoms with Gasteiger partial charge in [0, 0.05) is 6.61 Å². The lowest BCUT2D eigenvalue weighted by atomic mass is 10.3. The van der Waals surface area contributed by atoms with E-state index in [1.165, 1.54) is 6.92 Å². The predicted octanol–water partition coefficient (Wildman–Crippen LogP) is 0.543. The maximum absolute atomic E-state index is 13.5. The molecule has 96 valence electrons. The van der Waals surface area contributed by atoms with Gasteiger partial charge in [-0.05, 0) is 19.8 Å². The van der Waals surface area contributed by atoms with Crippen LogP contribution in [0.5, 0.6) is 0 Å². The molecule has 1 saturated heterocycles. The molecule has 7 heteroatoms. The minimum Gasteiger partial charge on any atom is -0.358 e. The van der Waals surface area contributed by atoms with Crippen LogP contribution < -0.4 is 11.2 Å². The van der Waals surface area contributed by atoms with Gasteiger partial charge >= 0.3 is 5.69 Å². The Bertz CT molecular complexity index is 607. The second-order valence-corrected chi connectivity index (χ2v) is 4.11. The van der Waals surface area contributed by atoms with Crippen molar-refractivity contribution in [1.82, 2.24) is 9.13 Å². The molecule has 1 aliphatic heterocycles. The summed E-state index contributed by atoms with van der Waals surface area (Å²) in [4.78, 5) is 23.6. The van der Waals surface area contributed by atoms with Gasteiger partial charge < -0.3 is 4.74 Å². The summed E-state index contributed by atoms with van der Waals surface area (Å²) in [6.07, 6.45) is 1.63. The average Bonchev–Trinajstić information content (AvgIpc) is 2.87. The Kier molecular flexibility index (Phi) is 3.30. The van der Waals surface area contributed by atoms with Crippen molar-refractivity contribution < 1.29 is 9.13 Å². The van der Waals surface area contributed by atoms with Crippen molar-refractivity contribution in [2.75, 3.05) is 6.61 Å². The fraction of sp³-hybridized carbons (Fsp3) is 0.545. The summed E-state index contributed by atoms with van der Waals surface area (Å²) in [5.41, 5.74) is -1.80. The molecule has 1 fully saturated rings. The van der Waals surface area contributed by atoms with Crippen LogP contribution in [0.1, 0.15) is 32.0 Å². The summed E-state index contributed by atoms with van der Waals surface area (Å²) >= 11 is 0. The first-order valence-corrected chi connectivity index (χ1v) is 5.60. The van der Waals surface area contributed by atoms with E-state index >= 15 is 0 Å². The van der Waals surface area contributed by atoms with E-state index in [1.54, 1.807) is 6.07 Å². The molecule has 0 radical (unpaired) electrons. The van der Waals surface area contributed by atoms with Gasteiger partial charge in [0.1, 0.15) is 12.3 Å². The summed E-state index contributed by atoms with van der Waals surface area (Å²) < 4.78 is 20.4. The van der Waals surface area contributed by atoms with Gasteiger partial charge in [-0.1, -0.05) is 0 Å². The van der Waals surface area contributed by atoms with Crippen LogP contribution in [0, 0.1) is 17.1 Å². The summed E-state index contributed by atoms with van der Waals surface area (Å²) in [5, 5.41) is 8.77. The van der Waals surface area contributed by atoms with Crippen LogP contribution in [0.25, 0.3) is 0 Å². The van der Waals surface area contributed by atoms with Crippen LogP contribution >= 0.6 is 0 Å². The van der Waals surface area contributed by atoms with E-state index in [4.69, 9.17) is 10.00 Å². The predicted molar refractivity (Wildman–Crippen MR) is 59.5 cm³/mol. The smallest absolute Gasteiger partial charge is 0.334 e. The molecule has 18 heavy (non-hydrogen) atoms. The van der Waals surface area contributed by atoms with Crippen LogP contribution in [-0.4, -0.2) is 15.7 Å². The largest absolute Gasteiger partial charge is 0.358 e. The molecule has 1 aromatic rings. The van der Waals surface area contributed by atoms with Gasteiger partial charge in [-0.25, -0.2) is 9.36 Å². The first kappa shape index (κ1) is 12.5. The SMILES string of the molecule is CC(C#N)n1c(=O)c(F)cn(C2CCCO2)c1=O. The maximum atomic E-state index is 13.5. The van der Waals surface area contributed by atoms with E-state index in [0.717, 1.165) is 17.2 Å². The number of nitriles is 1. The number of halogens is 1. The molecule has 0 aromatic carbocycles. The van der Waals surface area contributed by atoms with E-state index in [9.17, 15) is 14.0 Å². The van der Waals surface area contributed by atoms with Gasteiger partial charge in [-0.3, -0.25) is 9.36 Å². The summed E-state index contributed by atoms with van der Waals surface area (Å²) in [7, 11) is 0. The molecule has 1 aliphatic rings. The van der Waals surface area contributed by atoms with Crippen molar-refractivity contribution in [2.24, 2.45) is 0 Å². The van der Waals surface area contributed by atoms with Crippen molar-refractivity contribution in [3.05, 3.63) is 32.9 Å². The molecule has 1 aromatic heterocycles. The zero-order chi connectivity index (χ0) is 13.3. The average molecular weight is 253 g/mol. The molecule has 0 amide bonds. The van der Waals surface area contributed by atoms with Crippen molar-refractivity contribution >= 4 is 0 Å². The Morgan fingerprint density at radius 2 is 2.33 bits per heavy atom. The van der Waals surface area contributed by atoms with E-state index in [1.807, 2.05) is 0 Å². The van der Waals surface area contributed by atoms with Gasteiger partial charge in [0.05, 0.1) is 12.3 Å². The Morgan fingerprint density at radius 3 is 2.89 bits per heavy atom. The van der Waals surface area contributed by atoms with Gasteiger partial charge in [0.25, 0.3) is 5.56 Å². The lowest BCUT2D eigenvalue weighted by Gasteiger charge is -2.16. The third-order valence-electron chi connectivity index (χ3n) is 2.89. The number of nitrogens with zero attached hydrogens (tertiary/aromatic N) is 3. The summed E-state index contributed by atoms with van der Waals surface area (Å²) in [6.45, 7) is 1.85. The molecule has 0 N–H and O–H groups in total. The topological polar surface area (TPSA) is 77.0 Å². The van der Waals surface area contributed by atoms with Crippen LogP contribution in [0.2, 0.25) is 0 Å². The van der Waals surface area contributed by atoms with Crippen LogP contribution in [0.3, 0.4) is 0 Å². The van der Waals surface area contributed by atoms with E-state index < -0.39 is 29.3 Å². The van der Waals surface area contributed by atoms with E-state index in [0.29, 0.717) is 17.6 Å². The number of hydrogen-bond donors (Lipinski definition) is 0. The normalized spacial score (nSPS) is 20.6. The summed E-state index contributed by atoms with van der Waals surface area (Å²) in [5.74, 6) is -1.06. The number of ether oxygens (including phenoxy) is 1. The van der Waals surface area contributed by atoms with Crippen LogP contribution in [-0.2, 0) is 4.74 Å². The number of aromatic nitrogens is 2. The van der Waals surface area contributed by atoms with Crippen LogP contribution in [0.15, 0.2) is 15.8 Å². The Balaban J connectivity index is 2.64. The first-order chi connectivity index (χ1) is 8.56. The summed E-state index contributed by atoms with van der Waals surface area (Å²) in [6, 6.07) is 0.730. The van der Waals surface area contributed by atoms with Crippen molar-refractivity contribution in [3.63, 3.8) is 0 Å². The third-order valence-corrected chi connectivity index (χ3v) is 2.89. The standard InChI is InChI=1S/C11H12FN3O3/c1-7(5-13)15-10(16)8(12)6-14(11(15)17)9-3-2-4-18-9/h6-7,9H,2-4H2,1H3. The number of rotatable bonds is 2. The molecule has 0 spiro atoms. The van der Waals surface area contributed by atoms with Gasteiger partial charge in [-0.2, -0.15) is 9.65 Å². The van der Waals surface area contributed by atoms with Gasteiger partial charge in [0.2, 0.25) is 5.82 Å². The monoisotopic (exact) mass is 253 g/mol. The quantitative estimate of drug-likeness (QED) is 0.770. The molecule has 2 unspecified atom stereocenters. The minimum atomic E-state index is -1.08. The highest BCUT2D eigenvalue weighted by Gasteiger charge is 2.23. The first-order valence-electron chi connectivity index (χ1n) is 5.60. The molecule has 2 heterocycles. The van der Waals surface area contributed by atoms with E-state index in [-0.39, 0.29) is 0 Å². The minimum absolute atomic E-state index is 0.492. The molecule has 0 bridgehead atoms. The fourth-order valence-electron chi connectivity index (χ4n) is 1.94. The second-order valence-electron chi connectivity index (χ2n) is 4.11. The van der Waals surface area contributed by atoms with Crippen LogP contribution in [0.4, 0.5) is 4.39 Å². The molecular formula is C11H12FN3O3. The van der Waals surface area contributed by atoms with Gasteiger partial charge in [0.15, 0.2) is 0 Å². The Labute approximate surface area is 102 Å². The van der Waals surface area contributed by atoms with Crippen molar-refractivity contribution in [2.45, 2.75) is 32.0 Å². The second kappa shape index (κ2) is 4.74. The molecule has 6 nitrogen and oxygen atoms in total. The van der Waals surface area contributed by atoms with Gasteiger partial charge in [-0.15, -0.1) is 0 Å².